The predicted molar refractivity (Wildman–Crippen MR) is 74.2 cm³/mol. The van der Waals surface area contributed by atoms with Gasteiger partial charge in [-0.15, -0.1) is 0 Å². The molecule has 1 aromatic rings. The van der Waals surface area contributed by atoms with Crippen molar-refractivity contribution in [3.63, 3.8) is 0 Å². The van der Waals surface area contributed by atoms with Gasteiger partial charge in [-0.1, -0.05) is 0 Å². The van der Waals surface area contributed by atoms with Crippen LogP contribution in [0.15, 0.2) is 4.42 Å². The van der Waals surface area contributed by atoms with Crippen molar-refractivity contribution in [3.05, 3.63) is 16.9 Å². The Hall–Kier alpha value is -2.70. The van der Waals surface area contributed by atoms with Gasteiger partial charge in [0.05, 0.1) is 6.61 Å². The molecule has 24 heavy (non-hydrogen) atoms. The predicted octanol–water partition coefficient (Wildman–Crippen LogP) is 3.69. The van der Waals surface area contributed by atoms with Gasteiger partial charge in [-0.25, -0.2) is 9.59 Å². The van der Waals surface area contributed by atoms with Gasteiger partial charge in [0.2, 0.25) is 11.6 Å². The summed E-state index contributed by atoms with van der Waals surface area (Å²) < 4.78 is 53.0. The standard InChI is InChI=1S/C14H15F3N2O5/c1-5-22-11(20)8-7(6-18)10(23-9(8)14(15,16)17)19-12(21)24-13(2,3)4/h5H2,1-4H3,(H,19,21). The van der Waals surface area contributed by atoms with Crippen LogP contribution in [-0.2, 0) is 15.7 Å². The lowest BCUT2D eigenvalue weighted by Gasteiger charge is -2.19. The molecule has 1 amide bonds. The number of nitrogens with zero attached hydrogens (tertiary/aromatic N) is 1. The van der Waals surface area contributed by atoms with E-state index in [-0.39, 0.29) is 6.61 Å². The number of ether oxygens (including phenoxy) is 2. The molecular weight excluding hydrogens is 333 g/mol. The van der Waals surface area contributed by atoms with Crippen LogP contribution in [0.1, 0.15) is 49.4 Å². The van der Waals surface area contributed by atoms with E-state index in [1.54, 1.807) is 0 Å². The third kappa shape index (κ3) is 4.65. The molecule has 0 aliphatic carbocycles. The fraction of sp³-hybridized carbons (Fsp3) is 0.500. The summed E-state index contributed by atoms with van der Waals surface area (Å²) in [5, 5.41) is 11.0. The quantitative estimate of drug-likeness (QED) is 0.836. The topological polar surface area (TPSA) is 102 Å². The van der Waals surface area contributed by atoms with Crippen LogP contribution in [0.5, 0.6) is 0 Å². The van der Waals surface area contributed by atoms with Gasteiger partial charge in [0.25, 0.3) is 0 Å². The second-order valence-corrected chi connectivity index (χ2v) is 5.47. The minimum Gasteiger partial charge on any atom is -0.462 e. The van der Waals surface area contributed by atoms with Crippen LogP contribution < -0.4 is 5.32 Å². The molecule has 1 heterocycles. The number of amides is 1. The number of carbonyl (C=O) groups excluding carboxylic acids is 2. The van der Waals surface area contributed by atoms with E-state index in [0.29, 0.717) is 0 Å². The molecule has 7 nitrogen and oxygen atoms in total. The molecule has 1 aromatic heterocycles. The number of hydrogen-bond acceptors (Lipinski definition) is 6. The zero-order chi connectivity index (χ0) is 18.7. The molecule has 0 saturated carbocycles. The van der Waals surface area contributed by atoms with Crippen molar-refractivity contribution in [3.8, 4) is 6.07 Å². The number of nitrogens with one attached hydrogen (secondary N) is 1. The Kier molecular flexibility index (Phi) is 5.50. The van der Waals surface area contributed by atoms with E-state index in [1.165, 1.54) is 33.8 Å². The number of carbonyl (C=O) groups is 2. The summed E-state index contributed by atoms with van der Waals surface area (Å²) in [5.74, 6) is -3.96. The summed E-state index contributed by atoms with van der Waals surface area (Å²) in [6.07, 6.45) is -6.21. The number of esters is 1. The van der Waals surface area contributed by atoms with Gasteiger partial charge in [-0.3, -0.25) is 5.32 Å². The number of alkyl halides is 3. The second-order valence-electron chi connectivity index (χ2n) is 5.47. The normalized spacial score (nSPS) is 11.6. The number of rotatable bonds is 3. The van der Waals surface area contributed by atoms with Crippen LogP contribution in [0.2, 0.25) is 0 Å². The van der Waals surface area contributed by atoms with E-state index in [2.05, 4.69) is 9.15 Å². The molecule has 0 aliphatic rings. The van der Waals surface area contributed by atoms with Gasteiger partial charge in [-0.05, 0) is 27.7 Å². The monoisotopic (exact) mass is 348 g/mol. The summed E-state index contributed by atoms with van der Waals surface area (Å²) in [6.45, 7) is 5.78. The maximum atomic E-state index is 13.0. The minimum absolute atomic E-state index is 0.207. The summed E-state index contributed by atoms with van der Waals surface area (Å²) in [4.78, 5) is 23.4. The fourth-order valence-corrected chi connectivity index (χ4v) is 1.62. The van der Waals surface area contributed by atoms with Crippen molar-refractivity contribution >= 4 is 17.9 Å². The van der Waals surface area contributed by atoms with Gasteiger partial charge in [-0.2, -0.15) is 18.4 Å². The Bertz CT molecular complexity index is 680. The van der Waals surface area contributed by atoms with Crippen molar-refractivity contribution in [2.45, 2.75) is 39.5 Å². The Morgan fingerprint density at radius 1 is 1.29 bits per heavy atom. The molecule has 0 saturated heterocycles. The van der Waals surface area contributed by atoms with Gasteiger partial charge < -0.3 is 13.9 Å². The van der Waals surface area contributed by atoms with E-state index in [1.807, 2.05) is 5.32 Å². The highest BCUT2D eigenvalue weighted by Gasteiger charge is 2.44. The highest BCUT2D eigenvalue weighted by molar-refractivity contribution is 5.97. The lowest BCUT2D eigenvalue weighted by atomic mass is 10.1. The van der Waals surface area contributed by atoms with Crippen LogP contribution >= 0.6 is 0 Å². The van der Waals surface area contributed by atoms with Crippen LogP contribution in [0.25, 0.3) is 0 Å². The first kappa shape index (κ1) is 19.3. The average molecular weight is 348 g/mol. The average Bonchev–Trinajstić information content (AvgIpc) is 2.74. The molecular formula is C14H15F3N2O5. The number of halogens is 3. The van der Waals surface area contributed by atoms with E-state index in [4.69, 9.17) is 10.00 Å². The number of hydrogen-bond donors (Lipinski definition) is 1. The maximum Gasteiger partial charge on any atom is 0.450 e. The van der Waals surface area contributed by atoms with Crippen molar-refractivity contribution in [2.75, 3.05) is 11.9 Å². The third-order valence-electron chi connectivity index (χ3n) is 2.37. The van der Waals surface area contributed by atoms with Gasteiger partial charge >= 0.3 is 18.2 Å². The Balaban J connectivity index is 3.35. The first-order chi connectivity index (χ1) is 10.9. The molecule has 0 spiro atoms. The third-order valence-corrected chi connectivity index (χ3v) is 2.37. The molecule has 0 fully saturated rings. The molecule has 0 bridgehead atoms. The van der Waals surface area contributed by atoms with Crippen molar-refractivity contribution < 1.29 is 36.7 Å². The molecule has 0 atom stereocenters. The molecule has 132 valence electrons. The first-order valence-electron chi connectivity index (χ1n) is 6.72. The summed E-state index contributed by atoms with van der Waals surface area (Å²) in [7, 11) is 0. The van der Waals surface area contributed by atoms with E-state index in [9.17, 15) is 22.8 Å². The summed E-state index contributed by atoms with van der Waals surface area (Å²) >= 11 is 0. The van der Waals surface area contributed by atoms with Crippen LogP contribution in [-0.4, -0.2) is 24.3 Å². The molecule has 1 rings (SSSR count). The largest absolute Gasteiger partial charge is 0.462 e. The summed E-state index contributed by atoms with van der Waals surface area (Å²) in [5.41, 5.74) is -2.83. The van der Waals surface area contributed by atoms with Gasteiger partial charge in [0.15, 0.2) is 0 Å². The second kappa shape index (κ2) is 6.82. The molecule has 10 heteroatoms. The molecule has 0 aliphatic heterocycles. The van der Waals surface area contributed by atoms with E-state index in [0.717, 1.165) is 0 Å². The van der Waals surface area contributed by atoms with Gasteiger partial charge in [0.1, 0.15) is 22.8 Å². The summed E-state index contributed by atoms with van der Waals surface area (Å²) in [6, 6.07) is 1.40. The van der Waals surface area contributed by atoms with Crippen molar-refractivity contribution in [1.29, 1.82) is 5.26 Å². The van der Waals surface area contributed by atoms with Crippen LogP contribution in [0.3, 0.4) is 0 Å². The number of anilines is 1. The molecule has 0 aromatic carbocycles. The van der Waals surface area contributed by atoms with Crippen LogP contribution in [0, 0.1) is 11.3 Å². The number of furan rings is 1. The number of nitriles is 1. The van der Waals surface area contributed by atoms with E-state index < -0.39 is 46.6 Å². The maximum absolute atomic E-state index is 13.0. The lowest BCUT2D eigenvalue weighted by molar-refractivity contribution is -0.153. The van der Waals surface area contributed by atoms with Crippen molar-refractivity contribution in [1.82, 2.24) is 0 Å². The highest BCUT2D eigenvalue weighted by Crippen LogP contribution is 2.39. The molecule has 1 N–H and O–H groups in total. The minimum atomic E-state index is -5.07. The lowest BCUT2D eigenvalue weighted by Crippen LogP contribution is -2.27. The molecule has 0 radical (unpaired) electrons. The Morgan fingerprint density at radius 3 is 2.29 bits per heavy atom. The Morgan fingerprint density at radius 2 is 1.88 bits per heavy atom. The van der Waals surface area contributed by atoms with Gasteiger partial charge in [0, 0.05) is 0 Å². The van der Waals surface area contributed by atoms with Crippen LogP contribution in [0.4, 0.5) is 23.8 Å². The zero-order valence-electron chi connectivity index (χ0n) is 13.3. The van der Waals surface area contributed by atoms with Crippen molar-refractivity contribution in [2.24, 2.45) is 0 Å². The van der Waals surface area contributed by atoms with E-state index >= 15 is 0 Å². The first-order valence-corrected chi connectivity index (χ1v) is 6.72. The zero-order valence-corrected chi connectivity index (χ0v) is 13.3. The Labute approximate surface area is 135 Å². The SMILES string of the molecule is CCOC(=O)c1c(C(F)(F)F)oc(NC(=O)OC(C)(C)C)c1C#N. The smallest absolute Gasteiger partial charge is 0.450 e. The molecule has 0 unspecified atom stereocenters. The highest BCUT2D eigenvalue weighted by atomic mass is 19.4. The fourth-order valence-electron chi connectivity index (χ4n) is 1.62.